The lowest BCUT2D eigenvalue weighted by Crippen LogP contribution is -2.26. The number of carbonyl (C=O) groups is 1. The van der Waals surface area contributed by atoms with E-state index in [1.807, 2.05) is 73.6 Å². The molecule has 0 saturated carbocycles. The molecule has 0 spiro atoms. The fourth-order valence-electron chi connectivity index (χ4n) is 2.10. The van der Waals surface area contributed by atoms with Crippen molar-refractivity contribution in [1.82, 2.24) is 5.32 Å². The summed E-state index contributed by atoms with van der Waals surface area (Å²) in [5.41, 5.74) is 2.81. The van der Waals surface area contributed by atoms with Gasteiger partial charge in [0.1, 0.15) is 0 Å². The minimum atomic E-state index is -0.722. The number of anilines is 1. The first-order valence-corrected chi connectivity index (χ1v) is 7.52. The number of nitrogens with zero attached hydrogens (tertiary/aromatic N) is 1. The van der Waals surface area contributed by atoms with Crippen molar-refractivity contribution < 1.29 is 9.90 Å². The van der Waals surface area contributed by atoms with Crippen LogP contribution in [0.4, 0.5) is 5.69 Å². The first-order valence-electron chi connectivity index (χ1n) is 7.52. The molecule has 0 aliphatic heterocycles. The van der Waals surface area contributed by atoms with Crippen LogP contribution in [0.1, 0.15) is 17.2 Å². The number of carbonyl (C=O) groups excluding carboxylic acids is 1. The molecule has 0 saturated heterocycles. The molecule has 4 heteroatoms. The lowest BCUT2D eigenvalue weighted by molar-refractivity contribution is -0.116. The van der Waals surface area contributed by atoms with Gasteiger partial charge in [-0.15, -0.1) is 0 Å². The van der Waals surface area contributed by atoms with Crippen LogP contribution in [0.25, 0.3) is 6.08 Å². The van der Waals surface area contributed by atoms with Crippen molar-refractivity contribution in [3.63, 3.8) is 0 Å². The maximum Gasteiger partial charge on any atom is 0.244 e. The summed E-state index contributed by atoms with van der Waals surface area (Å²) < 4.78 is 0. The average Bonchev–Trinajstić information content (AvgIpc) is 2.58. The summed E-state index contributed by atoms with van der Waals surface area (Å²) in [6, 6.07) is 17.2. The van der Waals surface area contributed by atoms with E-state index in [0.717, 1.165) is 16.8 Å². The molecule has 0 fully saturated rings. The highest BCUT2D eigenvalue weighted by molar-refractivity contribution is 5.91. The molecule has 120 valence electrons. The Morgan fingerprint density at radius 3 is 2.39 bits per heavy atom. The van der Waals surface area contributed by atoms with Crippen LogP contribution in [0.2, 0.25) is 0 Å². The first-order chi connectivity index (χ1) is 11.1. The third-order valence-corrected chi connectivity index (χ3v) is 3.49. The van der Waals surface area contributed by atoms with E-state index in [9.17, 15) is 9.90 Å². The maximum atomic E-state index is 11.8. The number of aliphatic hydroxyl groups is 1. The predicted molar refractivity (Wildman–Crippen MR) is 94.2 cm³/mol. The minimum absolute atomic E-state index is 0.180. The molecule has 0 aromatic heterocycles. The molecule has 0 aliphatic rings. The minimum Gasteiger partial charge on any atom is -0.387 e. The molecular weight excluding hydrogens is 288 g/mol. The summed E-state index contributed by atoms with van der Waals surface area (Å²) in [5.74, 6) is -0.224. The molecule has 0 heterocycles. The molecule has 2 rings (SSSR count). The molecule has 1 unspecified atom stereocenters. The van der Waals surface area contributed by atoms with Crippen LogP contribution in [0.3, 0.4) is 0 Å². The van der Waals surface area contributed by atoms with E-state index in [4.69, 9.17) is 0 Å². The molecule has 0 radical (unpaired) electrons. The Hall–Kier alpha value is -2.59. The van der Waals surface area contributed by atoms with Gasteiger partial charge in [0.2, 0.25) is 5.91 Å². The molecule has 0 bridgehead atoms. The highest BCUT2D eigenvalue weighted by Gasteiger charge is 2.08. The van der Waals surface area contributed by atoms with Gasteiger partial charge in [-0.1, -0.05) is 42.5 Å². The van der Waals surface area contributed by atoms with E-state index in [2.05, 4.69) is 5.32 Å². The molecular formula is C19H22N2O2. The Morgan fingerprint density at radius 2 is 1.78 bits per heavy atom. The van der Waals surface area contributed by atoms with E-state index >= 15 is 0 Å². The number of amides is 1. The SMILES string of the molecule is CN(C)c1ccc(C(O)CNC(=O)/C=C/c2ccccc2)cc1. The molecule has 23 heavy (non-hydrogen) atoms. The maximum absolute atomic E-state index is 11.8. The summed E-state index contributed by atoms with van der Waals surface area (Å²) in [5, 5.41) is 12.8. The molecule has 4 nitrogen and oxygen atoms in total. The Kier molecular flexibility index (Phi) is 5.94. The first kappa shape index (κ1) is 16.8. The van der Waals surface area contributed by atoms with Crippen molar-refractivity contribution >= 4 is 17.7 Å². The topological polar surface area (TPSA) is 52.6 Å². The number of benzene rings is 2. The van der Waals surface area contributed by atoms with E-state index < -0.39 is 6.10 Å². The zero-order chi connectivity index (χ0) is 16.7. The Bertz CT molecular complexity index is 649. The van der Waals surface area contributed by atoms with Gasteiger partial charge in [0.25, 0.3) is 0 Å². The zero-order valence-electron chi connectivity index (χ0n) is 13.4. The van der Waals surface area contributed by atoms with Crippen LogP contribution in [0.5, 0.6) is 0 Å². The highest BCUT2D eigenvalue weighted by atomic mass is 16.3. The van der Waals surface area contributed by atoms with Crippen LogP contribution in [0.15, 0.2) is 60.7 Å². The van der Waals surface area contributed by atoms with Gasteiger partial charge in [0, 0.05) is 32.4 Å². The van der Waals surface area contributed by atoms with Crippen LogP contribution in [-0.4, -0.2) is 31.7 Å². The second-order valence-electron chi connectivity index (χ2n) is 5.49. The van der Waals surface area contributed by atoms with Crippen molar-refractivity contribution in [2.24, 2.45) is 0 Å². The third-order valence-electron chi connectivity index (χ3n) is 3.49. The molecule has 0 aliphatic carbocycles. The second kappa shape index (κ2) is 8.15. The van der Waals surface area contributed by atoms with Gasteiger partial charge >= 0.3 is 0 Å². The smallest absolute Gasteiger partial charge is 0.244 e. The van der Waals surface area contributed by atoms with Gasteiger partial charge in [-0.3, -0.25) is 4.79 Å². The largest absolute Gasteiger partial charge is 0.387 e. The molecule has 1 amide bonds. The van der Waals surface area contributed by atoms with Crippen molar-refractivity contribution in [2.75, 3.05) is 25.5 Å². The lowest BCUT2D eigenvalue weighted by Gasteiger charge is -2.15. The van der Waals surface area contributed by atoms with E-state index in [0.29, 0.717) is 0 Å². The van der Waals surface area contributed by atoms with Gasteiger partial charge in [-0.25, -0.2) is 0 Å². The van der Waals surface area contributed by atoms with E-state index in [-0.39, 0.29) is 12.5 Å². The second-order valence-corrected chi connectivity index (χ2v) is 5.49. The van der Waals surface area contributed by atoms with Crippen LogP contribution in [-0.2, 0) is 4.79 Å². The number of hydrogen-bond acceptors (Lipinski definition) is 3. The van der Waals surface area contributed by atoms with Crippen molar-refractivity contribution in [3.05, 3.63) is 71.8 Å². The summed E-state index contributed by atoms with van der Waals surface area (Å²) in [4.78, 5) is 13.8. The number of hydrogen-bond donors (Lipinski definition) is 2. The quantitative estimate of drug-likeness (QED) is 0.807. The Labute approximate surface area is 137 Å². The molecule has 2 N–H and O–H groups in total. The summed E-state index contributed by atoms with van der Waals surface area (Å²) in [6.45, 7) is 0.180. The fraction of sp³-hybridized carbons (Fsp3) is 0.211. The normalized spacial score (nSPS) is 12.1. The number of nitrogens with one attached hydrogen (secondary N) is 1. The summed E-state index contributed by atoms with van der Waals surface area (Å²) in [7, 11) is 3.93. The fourth-order valence-corrected chi connectivity index (χ4v) is 2.10. The summed E-state index contributed by atoms with van der Waals surface area (Å²) in [6.07, 6.45) is 2.49. The van der Waals surface area contributed by atoms with Gasteiger partial charge in [0.15, 0.2) is 0 Å². The monoisotopic (exact) mass is 310 g/mol. The van der Waals surface area contributed by atoms with E-state index in [1.54, 1.807) is 6.08 Å². The van der Waals surface area contributed by atoms with Gasteiger partial charge in [0.05, 0.1) is 6.10 Å². The van der Waals surface area contributed by atoms with Crippen molar-refractivity contribution in [1.29, 1.82) is 0 Å². The number of rotatable bonds is 6. The van der Waals surface area contributed by atoms with Gasteiger partial charge in [-0.2, -0.15) is 0 Å². The predicted octanol–water partition coefficient (Wildman–Crippen LogP) is 2.62. The Balaban J connectivity index is 1.85. The third kappa shape index (κ3) is 5.27. The highest BCUT2D eigenvalue weighted by Crippen LogP contribution is 2.17. The van der Waals surface area contributed by atoms with Crippen LogP contribution >= 0.6 is 0 Å². The molecule has 2 aromatic rings. The average molecular weight is 310 g/mol. The van der Waals surface area contributed by atoms with Crippen LogP contribution < -0.4 is 10.2 Å². The zero-order valence-corrected chi connectivity index (χ0v) is 13.4. The van der Waals surface area contributed by atoms with E-state index in [1.165, 1.54) is 6.08 Å². The number of aliphatic hydroxyl groups excluding tert-OH is 1. The van der Waals surface area contributed by atoms with Crippen molar-refractivity contribution in [3.8, 4) is 0 Å². The van der Waals surface area contributed by atoms with Gasteiger partial charge < -0.3 is 15.3 Å². The Morgan fingerprint density at radius 1 is 1.13 bits per heavy atom. The van der Waals surface area contributed by atoms with Gasteiger partial charge in [-0.05, 0) is 29.3 Å². The lowest BCUT2D eigenvalue weighted by atomic mass is 10.1. The summed E-state index contributed by atoms with van der Waals surface area (Å²) >= 11 is 0. The molecule has 1 atom stereocenters. The molecule has 2 aromatic carbocycles. The van der Waals surface area contributed by atoms with Crippen molar-refractivity contribution in [2.45, 2.75) is 6.10 Å². The standard InChI is InChI=1S/C19H22N2O2/c1-21(2)17-11-9-16(10-12-17)18(22)14-20-19(23)13-8-15-6-4-3-5-7-15/h3-13,18,22H,14H2,1-2H3,(H,20,23)/b13-8+. The van der Waals surface area contributed by atoms with Crippen LogP contribution in [0, 0.1) is 0 Å².